The highest BCUT2D eigenvalue weighted by atomic mass is 19.1. The third-order valence-corrected chi connectivity index (χ3v) is 5.21. The third-order valence-electron chi connectivity index (χ3n) is 5.21. The van der Waals surface area contributed by atoms with Crippen LogP contribution in [-0.2, 0) is 4.79 Å². The molecule has 0 aliphatic carbocycles. The molecule has 0 atom stereocenters. The lowest BCUT2D eigenvalue weighted by Crippen LogP contribution is -2.48. The van der Waals surface area contributed by atoms with Crippen LogP contribution in [0, 0.1) is 15.9 Å². The first kappa shape index (κ1) is 18.4. The van der Waals surface area contributed by atoms with Gasteiger partial charge in [0.1, 0.15) is 5.69 Å². The van der Waals surface area contributed by atoms with E-state index in [1.54, 1.807) is 11.0 Å². The van der Waals surface area contributed by atoms with Gasteiger partial charge in [0.05, 0.1) is 16.7 Å². The Balaban J connectivity index is 1.87. The molecule has 0 unspecified atom stereocenters. The summed E-state index contributed by atoms with van der Waals surface area (Å²) >= 11 is 0. The summed E-state index contributed by atoms with van der Waals surface area (Å²) in [4.78, 5) is 28.4. The second kappa shape index (κ2) is 7.88. The summed E-state index contributed by atoms with van der Waals surface area (Å²) < 4.78 is 14.5. The Labute approximate surface area is 152 Å². The summed E-state index contributed by atoms with van der Waals surface area (Å²) in [6.07, 6.45) is 3.59. The van der Waals surface area contributed by atoms with Gasteiger partial charge in [0.15, 0.2) is 5.82 Å². The molecule has 0 bridgehead atoms. The van der Waals surface area contributed by atoms with Gasteiger partial charge >= 0.3 is 0 Å². The maximum absolute atomic E-state index is 14.5. The highest BCUT2D eigenvalue weighted by Gasteiger charge is 2.28. The molecule has 2 aliphatic rings. The number of hydrogen-bond donors (Lipinski definition) is 0. The number of halogens is 1. The van der Waals surface area contributed by atoms with E-state index in [4.69, 9.17) is 0 Å². The molecule has 1 amide bonds. The zero-order chi connectivity index (χ0) is 18.7. The van der Waals surface area contributed by atoms with E-state index in [1.165, 1.54) is 0 Å². The summed E-state index contributed by atoms with van der Waals surface area (Å²) in [6.45, 7) is 5.44. The number of nitrogens with zero attached hydrogens (tertiary/aromatic N) is 4. The lowest BCUT2D eigenvalue weighted by atomic mass is 10.1. The van der Waals surface area contributed by atoms with Crippen molar-refractivity contribution in [3.63, 3.8) is 0 Å². The molecular formula is C18H25FN4O3. The van der Waals surface area contributed by atoms with E-state index < -0.39 is 10.7 Å². The fourth-order valence-electron chi connectivity index (χ4n) is 3.74. The van der Waals surface area contributed by atoms with Crippen LogP contribution >= 0.6 is 0 Å². The van der Waals surface area contributed by atoms with Crippen LogP contribution in [0.2, 0.25) is 0 Å². The molecule has 26 heavy (non-hydrogen) atoms. The van der Waals surface area contributed by atoms with Crippen LogP contribution < -0.4 is 9.80 Å². The predicted molar refractivity (Wildman–Crippen MR) is 98.2 cm³/mol. The molecule has 2 heterocycles. The van der Waals surface area contributed by atoms with Gasteiger partial charge in [0, 0.05) is 45.7 Å². The summed E-state index contributed by atoms with van der Waals surface area (Å²) in [5.41, 5.74) is 0.677. The molecule has 2 saturated heterocycles. The van der Waals surface area contributed by atoms with Crippen molar-refractivity contribution < 1.29 is 14.1 Å². The fourth-order valence-corrected chi connectivity index (χ4v) is 3.74. The van der Waals surface area contributed by atoms with E-state index in [-0.39, 0.29) is 11.6 Å². The molecule has 3 rings (SSSR count). The summed E-state index contributed by atoms with van der Waals surface area (Å²) in [7, 11) is 0. The van der Waals surface area contributed by atoms with Crippen LogP contribution in [0.1, 0.15) is 32.6 Å². The van der Waals surface area contributed by atoms with Crippen molar-refractivity contribution >= 4 is 23.0 Å². The Morgan fingerprint density at radius 3 is 2.23 bits per heavy atom. The third kappa shape index (κ3) is 3.73. The van der Waals surface area contributed by atoms with Gasteiger partial charge in [-0.2, -0.15) is 0 Å². The van der Waals surface area contributed by atoms with Crippen LogP contribution in [0.15, 0.2) is 12.1 Å². The molecule has 7 nitrogen and oxygen atoms in total. The standard InChI is InChI=1S/C18H25FN4O3/c1-2-18(24)22-10-8-21(9-11-22)16-13-15(20-6-4-3-5-7-20)14(19)12-17(16)23(25)26/h12-13H,2-11H2,1H3. The van der Waals surface area contributed by atoms with Crippen LogP contribution in [0.4, 0.5) is 21.5 Å². The minimum atomic E-state index is -0.540. The first-order chi connectivity index (χ1) is 12.5. The molecule has 0 N–H and O–H groups in total. The lowest BCUT2D eigenvalue weighted by molar-refractivity contribution is -0.384. The van der Waals surface area contributed by atoms with Gasteiger partial charge in [-0.3, -0.25) is 14.9 Å². The fraction of sp³-hybridized carbons (Fsp3) is 0.611. The van der Waals surface area contributed by atoms with Gasteiger partial charge < -0.3 is 14.7 Å². The van der Waals surface area contributed by atoms with Crippen LogP contribution in [0.25, 0.3) is 0 Å². The first-order valence-corrected chi connectivity index (χ1v) is 9.27. The molecule has 2 fully saturated rings. The maximum atomic E-state index is 14.5. The molecule has 0 aromatic heterocycles. The number of nitro groups is 1. The molecule has 1 aromatic rings. The highest BCUT2D eigenvalue weighted by molar-refractivity contribution is 5.76. The van der Waals surface area contributed by atoms with Crippen molar-refractivity contribution in [2.45, 2.75) is 32.6 Å². The van der Waals surface area contributed by atoms with Gasteiger partial charge in [0.25, 0.3) is 5.69 Å². The highest BCUT2D eigenvalue weighted by Crippen LogP contribution is 2.36. The number of carbonyl (C=O) groups excluding carboxylic acids is 1. The monoisotopic (exact) mass is 364 g/mol. The number of piperidine rings is 1. The van der Waals surface area contributed by atoms with E-state index in [2.05, 4.69) is 0 Å². The van der Waals surface area contributed by atoms with Crippen molar-refractivity contribution in [2.24, 2.45) is 0 Å². The van der Waals surface area contributed by atoms with Crippen LogP contribution in [0.5, 0.6) is 0 Å². The summed E-state index contributed by atoms with van der Waals surface area (Å²) in [5.74, 6) is -0.450. The zero-order valence-corrected chi connectivity index (χ0v) is 15.1. The topological polar surface area (TPSA) is 69.9 Å². The SMILES string of the molecule is CCC(=O)N1CCN(c2cc(N3CCCCC3)c(F)cc2[N+](=O)[O-])CC1. The molecule has 0 saturated carbocycles. The smallest absolute Gasteiger partial charge is 0.295 e. The van der Waals surface area contributed by atoms with Crippen LogP contribution in [0.3, 0.4) is 0 Å². The van der Waals surface area contributed by atoms with Crippen LogP contribution in [-0.4, -0.2) is 55.0 Å². The Kier molecular flexibility index (Phi) is 5.58. The summed E-state index contributed by atoms with van der Waals surface area (Å²) in [6, 6.07) is 2.67. The van der Waals surface area contributed by atoms with Gasteiger partial charge in [-0.15, -0.1) is 0 Å². The normalized spacial score (nSPS) is 18.2. The molecule has 142 valence electrons. The number of piperazine rings is 1. The number of benzene rings is 1. The molecular weight excluding hydrogens is 339 g/mol. The predicted octanol–water partition coefficient (Wildman–Crippen LogP) is 2.78. The first-order valence-electron chi connectivity index (χ1n) is 9.27. The molecule has 1 aromatic carbocycles. The Bertz CT molecular complexity index is 683. The number of amides is 1. The largest absolute Gasteiger partial charge is 0.369 e. The van der Waals surface area contributed by atoms with Gasteiger partial charge in [-0.05, 0) is 25.3 Å². The van der Waals surface area contributed by atoms with Gasteiger partial charge in [-0.1, -0.05) is 6.92 Å². The Morgan fingerprint density at radius 2 is 1.65 bits per heavy atom. The number of rotatable bonds is 4. The summed E-state index contributed by atoms with van der Waals surface area (Å²) in [5, 5.41) is 11.5. The molecule has 0 radical (unpaired) electrons. The molecule has 8 heteroatoms. The number of hydrogen-bond acceptors (Lipinski definition) is 5. The van der Waals surface area contributed by atoms with Crippen molar-refractivity contribution in [2.75, 3.05) is 49.1 Å². The quantitative estimate of drug-likeness (QED) is 0.607. The maximum Gasteiger partial charge on any atom is 0.295 e. The van der Waals surface area contributed by atoms with Crippen molar-refractivity contribution in [1.29, 1.82) is 0 Å². The van der Waals surface area contributed by atoms with E-state index in [0.29, 0.717) is 44.0 Å². The van der Waals surface area contributed by atoms with E-state index in [9.17, 15) is 19.3 Å². The average molecular weight is 364 g/mol. The van der Waals surface area contributed by atoms with Crippen molar-refractivity contribution in [1.82, 2.24) is 4.90 Å². The lowest BCUT2D eigenvalue weighted by Gasteiger charge is -2.36. The van der Waals surface area contributed by atoms with E-state index in [1.807, 2.05) is 16.7 Å². The van der Waals surface area contributed by atoms with E-state index >= 15 is 0 Å². The average Bonchev–Trinajstić information content (AvgIpc) is 2.68. The van der Waals surface area contributed by atoms with Gasteiger partial charge in [0.2, 0.25) is 5.91 Å². The molecule has 0 spiro atoms. The second-order valence-corrected chi connectivity index (χ2v) is 6.82. The van der Waals surface area contributed by atoms with Crippen molar-refractivity contribution in [3.8, 4) is 0 Å². The second-order valence-electron chi connectivity index (χ2n) is 6.82. The van der Waals surface area contributed by atoms with Gasteiger partial charge in [-0.25, -0.2) is 4.39 Å². The number of carbonyl (C=O) groups is 1. The minimum absolute atomic E-state index is 0.0901. The van der Waals surface area contributed by atoms with E-state index in [0.717, 1.165) is 38.4 Å². The Hall–Kier alpha value is -2.38. The minimum Gasteiger partial charge on any atom is -0.369 e. The number of nitro benzene ring substituents is 1. The molecule has 2 aliphatic heterocycles. The van der Waals surface area contributed by atoms with Crippen molar-refractivity contribution in [3.05, 3.63) is 28.1 Å². The Morgan fingerprint density at radius 1 is 1.04 bits per heavy atom. The zero-order valence-electron chi connectivity index (χ0n) is 15.1. The number of anilines is 2.